The van der Waals surface area contributed by atoms with Crippen molar-refractivity contribution in [3.05, 3.63) is 28.7 Å². The van der Waals surface area contributed by atoms with Gasteiger partial charge in [0, 0.05) is 38.4 Å². The Labute approximate surface area is 112 Å². The topological polar surface area (TPSA) is 64.4 Å². The normalized spacial score (nSPS) is 13.2. The molecule has 0 aliphatic heterocycles. The second-order valence-corrected chi connectivity index (χ2v) is 5.24. The number of aryl methyl sites for hydroxylation is 1. The van der Waals surface area contributed by atoms with Gasteiger partial charge < -0.3 is 15.1 Å². The highest BCUT2D eigenvalue weighted by atomic mass is 16.4. The Morgan fingerprint density at radius 1 is 1.42 bits per heavy atom. The van der Waals surface area contributed by atoms with Crippen molar-refractivity contribution in [1.82, 2.24) is 4.57 Å². The van der Waals surface area contributed by atoms with Crippen molar-refractivity contribution in [3.63, 3.8) is 0 Å². The zero-order chi connectivity index (χ0) is 14.2. The van der Waals surface area contributed by atoms with Gasteiger partial charge in [-0.05, 0) is 18.1 Å². The minimum Gasteiger partial charge on any atom is -0.408 e. The molecule has 0 amide bonds. The summed E-state index contributed by atoms with van der Waals surface area (Å²) in [6.07, 6.45) is 0. The lowest BCUT2D eigenvalue weighted by atomic mass is 10.0. The standard InChI is InChI=1S/C14H21N3O2/c1-9(2)12(8-15)16(3)10-5-6-11-13(7-10)19-14(18)17(11)4/h5-7,9,12H,8,15H2,1-4H3. The van der Waals surface area contributed by atoms with Crippen LogP contribution in [0.1, 0.15) is 13.8 Å². The Balaban J connectivity index is 2.43. The van der Waals surface area contributed by atoms with E-state index in [9.17, 15) is 4.79 Å². The van der Waals surface area contributed by atoms with E-state index in [2.05, 4.69) is 18.7 Å². The van der Waals surface area contributed by atoms with Gasteiger partial charge in [-0.3, -0.25) is 4.57 Å². The van der Waals surface area contributed by atoms with Gasteiger partial charge in [-0.2, -0.15) is 0 Å². The van der Waals surface area contributed by atoms with Crippen molar-refractivity contribution in [2.24, 2.45) is 18.7 Å². The van der Waals surface area contributed by atoms with E-state index in [1.165, 1.54) is 4.57 Å². The molecule has 0 bridgehead atoms. The van der Waals surface area contributed by atoms with Gasteiger partial charge >= 0.3 is 5.76 Å². The predicted molar refractivity (Wildman–Crippen MR) is 77.5 cm³/mol. The number of benzene rings is 1. The molecule has 0 saturated carbocycles. The molecule has 1 unspecified atom stereocenters. The van der Waals surface area contributed by atoms with Gasteiger partial charge in [0.2, 0.25) is 0 Å². The molecule has 1 heterocycles. The lowest BCUT2D eigenvalue weighted by Gasteiger charge is -2.32. The van der Waals surface area contributed by atoms with E-state index in [0.717, 1.165) is 11.2 Å². The first kappa shape index (κ1) is 13.7. The van der Waals surface area contributed by atoms with Crippen LogP contribution in [-0.4, -0.2) is 24.2 Å². The summed E-state index contributed by atoms with van der Waals surface area (Å²) < 4.78 is 6.71. The first-order valence-electron chi connectivity index (χ1n) is 6.48. The van der Waals surface area contributed by atoms with Crippen LogP contribution in [0.15, 0.2) is 27.4 Å². The van der Waals surface area contributed by atoms with Crippen LogP contribution in [0.3, 0.4) is 0 Å². The van der Waals surface area contributed by atoms with Crippen molar-refractivity contribution in [1.29, 1.82) is 0 Å². The van der Waals surface area contributed by atoms with Crippen molar-refractivity contribution < 1.29 is 4.42 Å². The molecule has 104 valence electrons. The number of hydrogen-bond acceptors (Lipinski definition) is 4. The van der Waals surface area contributed by atoms with Gasteiger partial charge in [0.15, 0.2) is 5.58 Å². The van der Waals surface area contributed by atoms with Crippen LogP contribution in [0, 0.1) is 5.92 Å². The average Bonchev–Trinajstić information content (AvgIpc) is 2.65. The molecule has 0 spiro atoms. The Morgan fingerprint density at radius 2 is 2.11 bits per heavy atom. The zero-order valence-electron chi connectivity index (χ0n) is 11.9. The first-order chi connectivity index (χ1) is 8.95. The molecular formula is C14H21N3O2. The first-order valence-corrected chi connectivity index (χ1v) is 6.48. The largest absolute Gasteiger partial charge is 0.419 e. The number of anilines is 1. The maximum absolute atomic E-state index is 11.5. The summed E-state index contributed by atoms with van der Waals surface area (Å²) in [5.41, 5.74) is 8.25. The molecule has 0 saturated heterocycles. The van der Waals surface area contributed by atoms with Crippen LogP contribution in [0.4, 0.5) is 5.69 Å². The number of nitrogens with zero attached hydrogens (tertiary/aromatic N) is 2. The van der Waals surface area contributed by atoms with Crippen LogP contribution in [0.2, 0.25) is 0 Å². The lowest BCUT2D eigenvalue weighted by Crippen LogP contribution is -2.41. The molecule has 2 N–H and O–H groups in total. The van der Waals surface area contributed by atoms with Crippen LogP contribution in [0.5, 0.6) is 0 Å². The van der Waals surface area contributed by atoms with Gasteiger partial charge in [-0.25, -0.2) is 4.79 Å². The SMILES string of the molecule is CC(C)C(CN)N(C)c1ccc2c(c1)oc(=O)n2C. The van der Waals surface area contributed by atoms with Gasteiger partial charge in [-0.15, -0.1) is 0 Å². The van der Waals surface area contributed by atoms with E-state index in [-0.39, 0.29) is 11.8 Å². The second-order valence-electron chi connectivity index (χ2n) is 5.24. The molecule has 5 heteroatoms. The second kappa shape index (κ2) is 5.09. The third kappa shape index (κ3) is 2.38. The maximum atomic E-state index is 11.5. The highest BCUT2D eigenvalue weighted by Crippen LogP contribution is 2.23. The fourth-order valence-corrected chi connectivity index (χ4v) is 2.41. The van der Waals surface area contributed by atoms with Crippen molar-refractivity contribution in [2.75, 3.05) is 18.5 Å². The van der Waals surface area contributed by atoms with Gasteiger partial charge in [0.25, 0.3) is 0 Å². The van der Waals surface area contributed by atoms with Gasteiger partial charge in [0.1, 0.15) is 0 Å². The Kier molecular flexibility index (Phi) is 3.66. The Bertz CT molecular complexity index is 627. The van der Waals surface area contributed by atoms with Crippen LogP contribution in [-0.2, 0) is 7.05 Å². The number of nitrogens with two attached hydrogens (primary N) is 1. The van der Waals surface area contributed by atoms with Crippen LogP contribution in [0.25, 0.3) is 11.1 Å². The smallest absolute Gasteiger partial charge is 0.408 e. The molecule has 2 aromatic rings. The van der Waals surface area contributed by atoms with Crippen LogP contribution >= 0.6 is 0 Å². The molecule has 1 atom stereocenters. The summed E-state index contributed by atoms with van der Waals surface area (Å²) in [7, 11) is 3.72. The van der Waals surface area contributed by atoms with Crippen LogP contribution < -0.4 is 16.4 Å². The predicted octanol–water partition coefficient (Wildman–Crippen LogP) is 1.55. The van der Waals surface area contributed by atoms with Crippen molar-refractivity contribution in [2.45, 2.75) is 19.9 Å². The van der Waals surface area contributed by atoms with Gasteiger partial charge in [-0.1, -0.05) is 13.8 Å². The molecule has 1 aromatic carbocycles. The molecular weight excluding hydrogens is 242 g/mol. The highest BCUT2D eigenvalue weighted by Gasteiger charge is 2.18. The van der Waals surface area contributed by atoms with E-state index >= 15 is 0 Å². The monoisotopic (exact) mass is 263 g/mol. The number of fused-ring (bicyclic) bond motifs is 1. The molecule has 1 aromatic heterocycles. The third-order valence-corrected chi connectivity index (χ3v) is 3.69. The number of likely N-dealkylation sites (N-methyl/N-ethyl adjacent to an activating group) is 1. The van der Waals surface area contributed by atoms with Gasteiger partial charge in [0.05, 0.1) is 5.52 Å². The van der Waals surface area contributed by atoms with E-state index in [1.807, 2.05) is 25.2 Å². The summed E-state index contributed by atoms with van der Waals surface area (Å²) in [5.74, 6) is 0.113. The number of rotatable bonds is 4. The summed E-state index contributed by atoms with van der Waals surface area (Å²) in [6, 6.07) is 6.04. The Morgan fingerprint density at radius 3 is 2.68 bits per heavy atom. The molecule has 0 aliphatic rings. The molecule has 19 heavy (non-hydrogen) atoms. The zero-order valence-corrected chi connectivity index (χ0v) is 11.9. The summed E-state index contributed by atoms with van der Waals surface area (Å²) in [4.78, 5) is 13.6. The summed E-state index contributed by atoms with van der Waals surface area (Å²) in [6.45, 7) is 4.88. The molecule has 2 rings (SSSR count). The highest BCUT2D eigenvalue weighted by molar-refractivity contribution is 5.77. The summed E-state index contributed by atoms with van der Waals surface area (Å²) >= 11 is 0. The molecule has 0 radical (unpaired) electrons. The third-order valence-electron chi connectivity index (χ3n) is 3.69. The number of oxazole rings is 1. The number of aromatic nitrogens is 1. The number of hydrogen-bond donors (Lipinski definition) is 1. The maximum Gasteiger partial charge on any atom is 0.419 e. The lowest BCUT2D eigenvalue weighted by molar-refractivity contribution is 0.479. The van der Waals surface area contributed by atoms with E-state index in [4.69, 9.17) is 10.2 Å². The molecule has 5 nitrogen and oxygen atoms in total. The molecule has 0 fully saturated rings. The minimum absolute atomic E-state index is 0.257. The minimum atomic E-state index is -0.339. The van der Waals surface area contributed by atoms with Crippen molar-refractivity contribution >= 4 is 16.8 Å². The van der Waals surface area contributed by atoms with E-state index in [0.29, 0.717) is 18.0 Å². The molecule has 0 aliphatic carbocycles. The quantitative estimate of drug-likeness (QED) is 0.909. The van der Waals surface area contributed by atoms with E-state index in [1.54, 1.807) is 7.05 Å². The van der Waals surface area contributed by atoms with E-state index < -0.39 is 0 Å². The average molecular weight is 263 g/mol. The summed E-state index contributed by atoms with van der Waals surface area (Å²) in [5, 5.41) is 0. The fraction of sp³-hybridized carbons (Fsp3) is 0.500. The van der Waals surface area contributed by atoms with Crippen molar-refractivity contribution in [3.8, 4) is 0 Å². The fourth-order valence-electron chi connectivity index (χ4n) is 2.41. The Hall–Kier alpha value is -1.75.